The van der Waals surface area contributed by atoms with E-state index < -0.39 is 0 Å². The van der Waals surface area contributed by atoms with E-state index in [9.17, 15) is 0 Å². The van der Waals surface area contributed by atoms with E-state index in [1.54, 1.807) is 14.2 Å². The van der Waals surface area contributed by atoms with Gasteiger partial charge in [0.05, 0.1) is 20.2 Å². The minimum atomic E-state index is 0.548. The molecule has 96 valence electrons. The average Bonchev–Trinajstić information content (AvgIpc) is 2.36. The molecule has 1 aromatic rings. The van der Waals surface area contributed by atoms with Crippen LogP contribution in [0.1, 0.15) is 11.1 Å². The molecule has 0 saturated carbocycles. The highest BCUT2D eigenvalue weighted by molar-refractivity contribution is 6.17. The number of ether oxygens (including phenoxy) is 2. The molecule has 17 heavy (non-hydrogen) atoms. The predicted octanol–water partition coefficient (Wildman–Crippen LogP) is 2.68. The fraction of sp³-hybridized carbons (Fsp3) is 0.538. The maximum Gasteiger partial charge on any atom is 0.161 e. The SMILES string of the molecule is COc1cc(C)c(CCN(C)CCl)cc1OC. The lowest BCUT2D eigenvalue weighted by molar-refractivity contribution is 0.353. The minimum absolute atomic E-state index is 0.548. The maximum absolute atomic E-state index is 5.75. The lowest BCUT2D eigenvalue weighted by Crippen LogP contribution is -2.19. The summed E-state index contributed by atoms with van der Waals surface area (Å²) in [5, 5.41) is 0. The molecule has 0 aromatic heterocycles. The van der Waals surface area contributed by atoms with Crippen molar-refractivity contribution in [1.29, 1.82) is 0 Å². The number of alkyl halides is 1. The lowest BCUT2D eigenvalue weighted by Gasteiger charge is -2.16. The molecule has 0 amide bonds. The van der Waals surface area contributed by atoms with Crippen LogP contribution in [-0.4, -0.2) is 38.7 Å². The van der Waals surface area contributed by atoms with Crippen molar-refractivity contribution in [2.75, 3.05) is 33.8 Å². The Morgan fingerprint density at radius 1 is 1.18 bits per heavy atom. The van der Waals surface area contributed by atoms with E-state index in [4.69, 9.17) is 21.1 Å². The number of hydrogen-bond acceptors (Lipinski definition) is 3. The van der Waals surface area contributed by atoms with Crippen LogP contribution in [0.25, 0.3) is 0 Å². The van der Waals surface area contributed by atoms with Gasteiger partial charge in [0.1, 0.15) is 0 Å². The largest absolute Gasteiger partial charge is 0.493 e. The van der Waals surface area contributed by atoms with Crippen LogP contribution in [0, 0.1) is 6.92 Å². The van der Waals surface area contributed by atoms with Gasteiger partial charge in [-0.2, -0.15) is 0 Å². The quantitative estimate of drug-likeness (QED) is 0.578. The van der Waals surface area contributed by atoms with E-state index >= 15 is 0 Å². The minimum Gasteiger partial charge on any atom is -0.493 e. The number of likely N-dealkylation sites (N-methyl/N-ethyl adjacent to an activating group) is 1. The summed E-state index contributed by atoms with van der Waals surface area (Å²) in [5.74, 6) is 1.56. The van der Waals surface area contributed by atoms with Crippen LogP contribution in [0.2, 0.25) is 0 Å². The van der Waals surface area contributed by atoms with Gasteiger partial charge in [-0.3, -0.25) is 4.90 Å². The van der Waals surface area contributed by atoms with Crippen LogP contribution in [0.4, 0.5) is 0 Å². The Morgan fingerprint density at radius 3 is 2.29 bits per heavy atom. The van der Waals surface area contributed by atoms with Gasteiger partial charge in [0, 0.05) is 6.54 Å². The zero-order chi connectivity index (χ0) is 12.8. The summed E-state index contributed by atoms with van der Waals surface area (Å²) in [5.41, 5.74) is 2.48. The third kappa shape index (κ3) is 3.79. The fourth-order valence-corrected chi connectivity index (χ4v) is 1.78. The zero-order valence-corrected chi connectivity index (χ0v) is 11.7. The molecule has 4 heteroatoms. The van der Waals surface area contributed by atoms with Gasteiger partial charge < -0.3 is 9.47 Å². The highest BCUT2D eigenvalue weighted by Crippen LogP contribution is 2.30. The first-order valence-electron chi connectivity index (χ1n) is 5.58. The van der Waals surface area contributed by atoms with E-state index in [2.05, 4.69) is 11.8 Å². The molecule has 0 spiro atoms. The molecule has 0 N–H and O–H groups in total. The highest BCUT2D eigenvalue weighted by atomic mass is 35.5. The monoisotopic (exact) mass is 257 g/mol. The number of aryl methyl sites for hydroxylation is 1. The van der Waals surface area contributed by atoms with Crippen LogP contribution in [0.5, 0.6) is 11.5 Å². The van der Waals surface area contributed by atoms with Gasteiger partial charge in [-0.25, -0.2) is 0 Å². The number of rotatable bonds is 6. The molecule has 0 saturated heterocycles. The summed E-state index contributed by atoms with van der Waals surface area (Å²) < 4.78 is 10.6. The molecule has 1 aromatic carbocycles. The van der Waals surface area contributed by atoms with Crippen molar-refractivity contribution in [3.05, 3.63) is 23.3 Å². The topological polar surface area (TPSA) is 21.7 Å². The molecular formula is C13H20ClNO2. The number of halogens is 1. The normalized spacial score (nSPS) is 10.7. The van der Waals surface area contributed by atoms with Gasteiger partial charge >= 0.3 is 0 Å². The van der Waals surface area contributed by atoms with E-state index in [-0.39, 0.29) is 0 Å². The molecule has 0 heterocycles. The van der Waals surface area contributed by atoms with E-state index in [1.165, 1.54) is 11.1 Å². The molecule has 0 aliphatic heterocycles. The Morgan fingerprint density at radius 2 is 1.76 bits per heavy atom. The Bertz CT molecular complexity index is 369. The summed E-state index contributed by atoms with van der Waals surface area (Å²) >= 11 is 5.75. The van der Waals surface area contributed by atoms with E-state index in [0.29, 0.717) is 6.00 Å². The molecule has 0 bridgehead atoms. The van der Waals surface area contributed by atoms with Gasteiger partial charge in [0.2, 0.25) is 0 Å². The van der Waals surface area contributed by atoms with Gasteiger partial charge in [0.25, 0.3) is 0 Å². The molecule has 0 aliphatic carbocycles. The second kappa shape index (κ2) is 6.72. The first-order chi connectivity index (χ1) is 8.12. The third-order valence-electron chi connectivity index (χ3n) is 2.81. The summed E-state index contributed by atoms with van der Waals surface area (Å²) in [6.07, 6.45) is 0.954. The maximum atomic E-state index is 5.75. The highest BCUT2D eigenvalue weighted by Gasteiger charge is 2.08. The second-order valence-corrected chi connectivity index (χ2v) is 4.32. The van der Waals surface area contributed by atoms with Crippen molar-refractivity contribution in [3.8, 4) is 11.5 Å². The molecule has 0 fully saturated rings. The number of benzene rings is 1. The van der Waals surface area contributed by atoms with Crippen molar-refractivity contribution in [2.24, 2.45) is 0 Å². The van der Waals surface area contributed by atoms with E-state index in [0.717, 1.165) is 24.5 Å². The third-order valence-corrected chi connectivity index (χ3v) is 3.22. The first-order valence-corrected chi connectivity index (χ1v) is 6.11. The van der Waals surface area contributed by atoms with Crippen LogP contribution in [-0.2, 0) is 6.42 Å². The molecule has 0 atom stereocenters. The molecule has 0 radical (unpaired) electrons. The second-order valence-electron chi connectivity index (χ2n) is 4.08. The van der Waals surface area contributed by atoms with Crippen LogP contribution in [0.3, 0.4) is 0 Å². The molecule has 3 nitrogen and oxygen atoms in total. The van der Waals surface area contributed by atoms with Gasteiger partial charge in [0.15, 0.2) is 11.5 Å². The number of hydrogen-bond donors (Lipinski definition) is 0. The van der Waals surface area contributed by atoms with Crippen molar-refractivity contribution in [2.45, 2.75) is 13.3 Å². The van der Waals surface area contributed by atoms with Gasteiger partial charge in [-0.15, -0.1) is 11.6 Å². The van der Waals surface area contributed by atoms with Crippen molar-refractivity contribution in [1.82, 2.24) is 4.90 Å². The molecule has 0 unspecified atom stereocenters. The first kappa shape index (κ1) is 14.1. The standard InChI is InChI=1S/C13H20ClNO2/c1-10-7-12(16-3)13(17-4)8-11(10)5-6-15(2)9-14/h7-8H,5-6,9H2,1-4H3. The molecule has 1 rings (SSSR count). The number of nitrogens with zero attached hydrogens (tertiary/aromatic N) is 1. The van der Waals surface area contributed by atoms with Crippen molar-refractivity contribution < 1.29 is 9.47 Å². The Kier molecular flexibility index (Phi) is 5.59. The molecule has 0 aliphatic rings. The summed E-state index contributed by atoms with van der Waals surface area (Å²) in [4.78, 5) is 2.07. The van der Waals surface area contributed by atoms with Gasteiger partial charge in [-0.1, -0.05) is 0 Å². The summed E-state index contributed by atoms with van der Waals surface area (Å²) in [7, 11) is 5.31. The number of methoxy groups -OCH3 is 2. The summed E-state index contributed by atoms with van der Waals surface area (Å²) in [6.45, 7) is 3.01. The average molecular weight is 258 g/mol. The van der Waals surface area contributed by atoms with Gasteiger partial charge in [-0.05, 0) is 43.7 Å². The van der Waals surface area contributed by atoms with Crippen LogP contribution < -0.4 is 9.47 Å². The van der Waals surface area contributed by atoms with Crippen LogP contribution in [0.15, 0.2) is 12.1 Å². The molecular weight excluding hydrogens is 238 g/mol. The predicted molar refractivity (Wildman–Crippen MR) is 71.3 cm³/mol. The van der Waals surface area contributed by atoms with Crippen molar-refractivity contribution in [3.63, 3.8) is 0 Å². The zero-order valence-electron chi connectivity index (χ0n) is 10.9. The van der Waals surface area contributed by atoms with E-state index in [1.807, 2.05) is 19.2 Å². The Labute approximate surface area is 108 Å². The Hall–Kier alpha value is -0.930. The fourth-order valence-electron chi connectivity index (χ4n) is 1.66. The lowest BCUT2D eigenvalue weighted by atomic mass is 10.0. The Balaban J connectivity index is 2.85. The smallest absolute Gasteiger partial charge is 0.161 e. The van der Waals surface area contributed by atoms with Crippen LogP contribution >= 0.6 is 11.6 Å². The van der Waals surface area contributed by atoms with Crippen molar-refractivity contribution >= 4 is 11.6 Å². The summed E-state index contributed by atoms with van der Waals surface area (Å²) in [6, 6.07) is 4.59.